The minimum Gasteiger partial charge on any atom is -0.481 e. The molecule has 1 unspecified atom stereocenters. The molecule has 1 N–H and O–H groups in total. The van der Waals surface area contributed by atoms with Crippen molar-refractivity contribution < 1.29 is 14.6 Å². The summed E-state index contributed by atoms with van der Waals surface area (Å²) in [5, 5.41) is 9.51. The van der Waals surface area contributed by atoms with Crippen molar-refractivity contribution in [1.29, 1.82) is 0 Å². The lowest BCUT2D eigenvalue weighted by molar-refractivity contribution is -0.150. The van der Waals surface area contributed by atoms with Gasteiger partial charge in [-0.1, -0.05) is 13.8 Å². The number of carboxylic acid groups (broad SMARTS) is 1. The van der Waals surface area contributed by atoms with Gasteiger partial charge in [0.05, 0.1) is 24.9 Å². The summed E-state index contributed by atoms with van der Waals surface area (Å²) in [6.45, 7) is 5.04. The summed E-state index contributed by atoms with van der Waals surface area (Å²) >= 11 is 0. The van der Waals surface area contributed by atoms with Gasteiger partial charge in [-0.2, -0.15) is 4.98 Å². The minimum absolute atomic E-state index is 0.0774. The molecule has 1 aliphatic heterocycles. The Balaban J connectivity index is 2.23. The first kappa shape index (κ1) is 13.6. The molecule has 6 nitrogen and oxygen atoms in total. The van der Waals surface area contributed by atoms with Crippen molar-refractivity contribution in [1.82, 2.24) is 9.97 Å². The first-order valence-corrected chi connectivity index (χ1v) is 6.34. The van der Waals surface area contributed by atoms with E-state index < -0.39 is 11.4 Å². The highest BCUT2D eigenvalue weighted by atomic mass is 16.5. The monoisotopic (exact) mass is 265 g/mol. The number of carboxylic acids is 1. The Morgan fingerprint density at radius 1 is 1.53 bits per heavy atom. The molecule has 0 radical (unpaired) electrons. The van der Waals surface area contributed by atoms with E-state index in [9.17, 15) is 9.90 Å². The average Bonchev–Trinajstić information content (AvgIpc) is 2.85. The van der Waals surface area contributed by atoms with E-state index in [2.05, 4.69) is 9.97 Å². The van der Waals surface area contributed by atoms with E-state index in [4.69, 9.17) is 4.74 Å². The van der Waals surface area contributed by atoms with Crippen LogP contribution in [0.2, 0.25) is 0 Å². The van der Waals surface area contributed by atoms with Crippen LogP contribution in [0.4, 0.5) is 5.82 Å². The van der Waals surface area contributed by atoms with Gasteiger partial charge in [-0.3, -0.25) is 9.78 Å². The molecule has 1 aromatic rings. The molecule has 0 saturated carbocycles. The minimum atomic E-state index is -0.735. The van der Waals surface area contributed by atoms with Crippen LogP contribution < -0.4 is 9.64 Å². The molecule has 0 aliphatic carbocycles. The van der Waals surface area contributed by atoms with Crippen LogP contribution in [0.3, 0.4) is 0 Å². The quantitative estimate of drug-likeness (QED) is 0.887. The molecule has 0 bridgehead atoms. The number of aromatic nitrogens is 2. The Morgan fingerprint density at radius 3 is 2.79 bits per heavy atom. The van der Waals surface area contributed by atoms with Crippen LogP contribution in [0.15, 0.2) is 12.4 Å². The smallest absolute Gasteiger partial charge is 0.311 e. The van der Waals surface area contributed by atoms with Crippen molar-refractivity contribution in [2.75, 3.05) is 25.1 Å². The third-order valence-corrected chi connectivity index (χ3v) is 3.96. The maximum Gasteiger partial charge on any atom is 0.311 e. The molecule has 6 heteroatoms. The highest BCUT2D eigenvalue weighted by molar-refractivity contribution is 5.77. The van der Waals surface area contributed by atoms with Gasteiger partial charge >= 0.3 is 5.97 Å². The number of hydrogen-bond acceptors (Lipinski definition) is 5. The summed E-state index contributed by atoms with van der Waals surface area (Å²) in [4.78, 5) is 21.9. The molecule has 2 heterocycles. The van der Waals surface area contributed by atoms with Crippen LogP contribution in [0.25, 0.3) is 0 Å². The second kappa shape index (κ2) is 5.03. The molecule has 0 amide bonds. The molecular weight excluding hydrogens is 246 g/mol. The molecule has 104 valence electrons. The van der Waals surface area contributed by atoms with Crippen molar-refractivity contribution >= 4 is 11.8 Å². The molecule has 1 atom stereocenters. The summed E-state index contributed by atoms with van der Waals surface area (Å²) < 4.78 is 5.04. The van der Waals surface area contributed by atoms with Crippen LogP contribution in [0.5, 0.6) is 5.88 Å². The SMILES string of the molecule is COc1cncc(N2CCC(C(=O)O)(C(C)C)C2)n1. The molecule has 0 aromatic carbocycles. The predicted molar refractivity (Wildman–Crippen MR) is 70.3 cm³/mol. The number of carbonyl (C=O) groups is 1. The van der Waals surface area contributed by atoms with E-state index in [1.165, 1.54) is 13.3 Å². The zero-order chi connectivity index (χ0) is 14.0. The fourth-order valence-electron chi connectivity index (χ4n) is 2.51. The molecule has 1 aromatic heterocycles. The number of rotatable bonds is 4. The van der Waals surface area contributed by atoms with Crippen molar-refractivity contribution in [2.24, 2.45) is 11.3 Å². The number of ether oxygens (including phenoxy) is 1. The summed E-state index contributed by atoms with van der Waals surface area (Å²) in [7, 11) is 1.54. The second-order valence-electron chi connectivity index (χ2n) is 5.21. The zero-order valence-corrected chi connectivity index (χ0v) is 11.5. The lowest BCUT2D eigenvalue weighted by Gasteiger charge is -2.28. The molecule has 1 fully saturated rings. The summed E-state index contributed by atoms with van der Waals surface area (Å²) in [6, 6.07) is 0. The number of nitrogens with zero attached hydrogens (tertiary/aromatic N) is 3. The third kappa shape index (κ3) is 2.34. The summed E-state index contributed by atoms with van der Waals surface area (Å²) in [5.41, 5.74) is -0.704. The Labute approximate surface area is 112 Å². The zero-order valence-electron chi connectivity index (χ0n) is 11.5. The van der Waals surface area contributed by atoms with Crippen LogP contribution in [0.1, 0.15) is 20.3 Å². The van der Waals surface area contributed by atoms with Crippen molar-refractivity contribution in [2.45, 2.75) is 20.3 Å². The van der Waals surface area contributed by atoms with E-state index in [0.29, 0.717) is 31.2 Å². The van der Waals surface area contributed by atoms with E-state index in [1.807, 2.05) is 18.7 Å². The van der Waals surface area contributed by atoms with Gasteiger partial charge < -0.3 is 14.7 Å². The van der Waals surface area contributed by atoms with Gasteiger partial charge in [0.25, 0.3) is 0 Å². The van der Waals surface area contributed by atoms with Crippen LogP contribution in [0, 0.1) is 11.3 Å². The molecular formula is C13H19N3O3. The highest BCUT2D eigenvalue weighted by Gasteiger charge is 2.47. The van der Waals surface area contributed by atoms with Gasteiger partial charge in [-0.15, -0.1) is 0 Å². The van der Waals surface area contributed by atoms with Crippen LogP contribution in [-0.2, 0) is 4.79 Å². The summed E-state index contributed by atoms with van der Waals surface area (Å²) in [6.07, 6.45) is 3.80. The average molecular weight is 265 g/mol. The highest BCUT2D eigenvalue weighted by Crippen LogP contribution is 2.39. The third-order valence-electron chi connectivity index (χ3n) is 3.96. The lowest BCUT2D eigenvalue weighted by Crippen LogP contribution is -2.39. The molecule has 1 aliphatic rings. The van der Waals surface area contributed by atoms with E-state index >= 15 is 0 Å². The predicted octanol–water partition coefficient (Wildman–Crippen LogP) is 1.42. The first-order chi connectivity index (χ1) is 8.99. The van der Waals surface area contributed by atoms with Gasteiger partial charge in [0.2, 0.25) is 5.88 Å². The summed E-state index contributed by atoms with van der Waals surface area (Å²) in [5.74, 6) is 0.451. The topological polar surface area (TPSA) is 75.5 Å². The van der Waals surface area contributed by atoms with Gasteiger partial charge in [0.15, 0.2) is 5.82 Å². The Hall–Kier alpha value is -1.85. The molecule has 19 heavy (non-hydrogen) atoms. The van der Waals surface area contributed by atoms with E-state index in [1.54, 1.807) is 6.20 Å². The van der Waals surface area contributed by atoms with Crippen molar-refractivity contribution in [3.8, 4) is 5.88 Å². The Bertz CT molecular complexity index is 478. The van der Waals surface area contributed by atoms with Gasteiger partial charge in [0.1, 0.15) is 0 Å². The lowest BCUT2D eigenvalue weighted by atomic mass is 9.76. The van der Waals surface area contributed by atoms with Crippen molar-refractivity contribution in [3.05, 3.63) is 12.4 Å². The van der Waals surface area contributed by atoms with Crippen LogP contribution in [-0.4, -0.2) is 41.2 Å². The standard InChI is InChI=1S/C13H19N3O3/c1-9(2)13(12(17)18)4-5-16(8-13)10-6-14-7-11(15-10)19-3/h6-7,9H,4-5,8H2,1-3H3,(H,17,18). The second-order valence-corrected chi connectivity index (χ2v) is 5.21. The molecule has 0 spiro atoms. The number of anilines is 1. The van der Waals surface area contributed by atoms with Gasteiger partial charge in [-0.05, 0) is 12.3 Å². The largest absolute Gasteiger partial charge is 0.481 e. The fraction of sp³-hybridized carbons (Fsp3) is 0.615. The molecule has 2 rings (SSSR count). The van der Waals surface area contributed by atoms with Crippen molar-refractivity contribution in [3.63, 3.8) is 0 Å². The Kier molecular flexibility index (Phi) is 3.59. The number of aliphatic carboxylic acids is 1. The fourth-order valence-corrected chi connectivity index (χ4v) is 2.51. The normalized spacial score (nSPS) is 22.8. The van der Waals surface area contributed by atoms with Gasteiger partial charge in [-0.25, -0.2) is 0 Å². The first-order valence-electron chi connectivity index (χ1n) is 6.34. The van der Waals surface area contributed by atoms with Crippen LogP contribution >= 0.6 is 0 Å². The number of hydrogen-bond donors (Lipinski definition) is 1. The number of methoxy groups -OCH3 is 1. The molecule has 1 saturated heterocycles. The van der Waals surface area contributed by atoms with E-state index in [0.717, 1.165) is 0 Å². The van der Waals surface area contributed by atoms with Gasteiger partial charge in [0, 0.05) is 13.1 Å². The maximum atomic E-state index is 11.6. The maximum absolute atomic E-state index is 11.6. The van der Waals surface area contributed by atoms with E-state index in [-0.39, 0.29) is 5.92 Å². The Morgan fingerprint density at radius 2 is 2.26 bits per heavy atom.